The van der Waals surface area contributed by atoms with E-state index in [9.17, 15) is 13.6 Å². The Kier molecular flexibility index (Phi) is 15.0. The summed E-state index contributed by atoms with van der Waals surface area (Å²) >= 11 is 0. The van der Waals surface area contributed by atoms with E-state index in [0.29, 0.717) is 6.42 Å². The number of carbonyl (C=O) groups is 1. The van der Waals surface area contributed by atoms with Gasteiger partial charge in [-0.3, -0.25) is 0 Å². The van der Waals surface area contributed by atoms with E-state index in [1.165, 1.54) is 50.7 Å². The lowest BCUT2D eigenvalue weighted by Gasteiger charge is -2.01. The second kappa shape index (κ2) is 16.2. The van der Waals surface area contributed by atoms with Crippen molar-refractivity contribution in [1.29, 1.82) is 0 Å². The number of hydrogen-bond acceptors (Lipinski definition) is 1. The van der Waals surface area contributed by atoms with Crippen molar-refractivity contribution in [2.45, 2.75) is 71.1 Å². The zero-order valence-corrected chi connectivity index (χ0v) is 14.6. The van der Waals surface area contributed by atoms with Gasteiger partial charge in [0.05, 0.1) is 0 Å². The van der Waals surface area contributed by atoms with Gasteiger partial charge >= 0.3 is 5.97 Å². The van der Waals surface area contributed by atoms with Crippen LogP contribution in [0, 0.1) is 0 Å². The molecule has 4 heteroatoms. The van der Waals surface area contributed by atoms with Gasteiger partial charge in [-0.25, -0.2) is 13.6 Å². The number of carboxylic acid groups (broad SMARTS) is 1. The zero-order chi connectivity index (χ0) is 18.0. The van der Waals surface area contributed by atoms with Crippen molar-refractivity contribution in [3.63, 3.8) is 0 Å². The molecule has 0 aliphatic rings. The molecule has 0 aliphatic carbocycles. The molecule has 0 spiro atoms. The molecule has 0 unspecified atom stereocenters. The third-order valence-electron chi connectivity index (χ3n) is 3.55. The van der Waals surface area contributed by atoms with Gasteiger partial charge in [0.25, 0.3) is 0 Å². The topological polar surface area (TPSA) is 37.3 Å². The summed E-state index contributed by atoms with van der Waals surface area (Å²) in [5, 5.41) is 8.35. The second-order valence-corrected chi connectivity index (χ2v) is 5.80. The van der Waals surface area contributed by atoms with Gasteiger partial charge in [0, 0.05) is 6.08 Å². The Morgan fingerprint density at radius 1 is 0.833 bits per heavy atom. The average molecular weight is 340 g/mol. The zero-order valence-electron chi connectivity index (χ0n) is 14.6. The molecule has 0 rings (SSSR count). The van der Waals surface area contributed by atoms with Crippen LogP contribution in [0.25, 0.3) is 0 Å². The van der Waals surface area contributed by atoms with Gasteiger partial charge in [-0.05, 0) is 31.1 Å². The van der Waals surface area contributed by atoms with Crippen LogP contribution in [-0.4, -0.2) is 11.1 Å². The van der Waals surface area contributed by atoms with Crippen LogP contribution in [0.2, 0.25) is 0 Å². The van der Waals surface area contributed by atoms with Gasteiger partial charge in [0.1, 0.15) is 11.7 Å². The molecule has 0 fully saturated rings. The summed E-state index contributed by atoms with van der Waals surface area (Å²) in [4.78, 5) is 10.2. The molecule has 2 nitrogen and oxygen atoms in total. The van der Waals surface area contributed by atoms with Crippen LogP contribution in [0.15, 0.2) is 48.1 Å². The smallest absolute Gasteiger partial charge is 0.328 e. The Morgan fingerprint density at radius 2 is 1.38 bits per heavy atom. The van der Waals surface area contributed by atoms with Gasteiger partial charge in [-0.2, -0.15) is 0 Å². The molecule has 24 heavy (non-hydrogen) atoms. The van der Waals surface area contributed by atoms with Crippen molar-refractivity contribution in [1.82, 2.24) is 0 Å². The highest BCUT2D eigenvalue weighted by Crippen LogP contribution is 2.14. The van der Waals surface area contributed by atoms with Crippen molar-refractivity contribution in [3.8, 4) is 0 Å². The first-order valence-electron chi connectivity index (χ1n) is 8.85. The Labute approximate surface area is 144 Å². The molecular weight excluding hydrogens is 310 g/mol. The van der Waals surface area contributed by atoms with Crippen LogP contribution in [0.3, 0.4) is 0 Å². The predicted molar refractivity (Wildman–Crippen MR) is 96.1 cm³/mol. The van der Waals surface area contributed by atoms with Gasteiger partial charge in [0.15, 0.2) is 0 Å². The molecule has 0 saturated carbocycles. The minimum absolute atomic E-state index is 0.331. The summed E-state index contributed by atoms with van der Waals surface area (Å²) in [6, 6.07) is 0. The molecule has 1 N–H and O–H groups in total. The lowest BCUT2D eigenvalue weighted by Crippen LogP contribution is -1.84. The minimum atomic E-state index is -1.10. The maximum atomic E-state index is 13.5. The second-order valence-electron chi connectivity index (χ2n) is 5.80. The summed E-state index contributed by atoms with van der Waals surface area (Å²) in [7, 11) is 0. The molecule has 0 bridgehead atoms. The normalized spacial score (nSPS) is 13.3. The number of allylic oxidation sites excluding steroid dienone is 7. The van der Waals surface area contributed by atoms with E-state index in [-0.39, 0.29) is 5.83 Å². The minimum Gasteiger partial charge on any atom is -0.478 e. The Morgan fingerprint density at radius 3 is 1.96 bits per heavy atom. The number of unbranched alkanes of at least 4 members (excludes halogenated alkanes) is 8. The fourth-order valence-electron chi connectivity index (χ4n) is 2.20. The van der Waals surface area contributed by atoms with Gasteiger partial charge in [0.2, 0.25) is 0 Å². The molecular formula is C20H30F2O2. The maximum absolute atomic E-state index is 13.5. The van der Waals surface area contributed by atoms with Crippen molar-refractivity contribution in [2.75, 3.05) is 0 Å². The summed E-state index contributed by atoms with van der Waals surface area (Å²) in [5.41, 5.74) is 0. The molecule has 0 atom stereocenters. The van der Waals surface area contributed by atoms with Gasteiger partial charge < -0.3 is 5.11 Å². The summed E-state index contributed by atoms with van der Waals surface area (Å²) in [6.07, 6.45) is 17.5. The lowest BCUT2D eigenvalue weighted by molar-refractivity contribution is -0.131. The highest BCUT2D eigenvalue weighted by Gasteiger charge is 1.96. The van der Waals surface area contributed by atoms with Crippen LogP contribution in [0.5, 0.6) is 0 Å². The molecule has 0 aromatic carbocycles. The van der Waals surface area contributed by atoms with E-state index in [2.05, 4.69) is 6.92 Å². The largest absolute Gasteiger partial charge is 0.478 e. The molecule has 0 radical (unpaired) electrons. The predicted octanol–water partition coefficient (Wildman–Crippen LogP) is 6.81. The lowest BCUT2D eigenvalue weighted by atomic mass is 10.1. The standard InChI is InChI=1S/C20H30F2O2/c1-2-3-4-5-6-7-8-9-10-13-18(21)16-17-19(22)14-11-12-15-20(23)24/h11-12,14-17H,2-10,13H2,1H3,(H,23,24). The van der Waals surface area contributed by atoms with E-state index in [1.54, 1.807) is 0 Å². The monoisotopic (exact) mass is 340 g/mol. The molecule has 0 saturated heterocycles. The van der Waals surface area contributed by atoms with Crippen LogP contribution < -0.4 is 0 Å². The van der Waals surface area contributed by atoms with E-state index in [1.807, 2.05) is 0 Å². The van der Waals surface area contributed by atoms with Crippen LogP contribution in [0.4, 0.5) is 8.78 Å². The first-order valence-corrected chi connectivity index (χ1v) is 8.85. The fourth-order valence-corrected chi connectivity index (χ4v) is 2.20. The third kappa shape index (κ3) is 16.7. The molecule has 0 heterocycles. The molecule has 136 valence electrons. The Balaban J connectivity index is 3.78. The summed E-state index contributed by atoms with van der Waals surface area (Å²) in [5.74, 6) is -2.05. The van der Waals surface area contributed by atoms with E-state index in [4.69, 9.17) is 5.11 Å². The number of halogens is 2. The van der Waals surface area contributed by atoms with Crippen LogP contribution in [0.1, 0.15) is 71.1 Å². The third-order valence-corrected chi connectivity index (χ3v) is 3.55. The van der Waals surface area contributed by atoms with Crippen molar-refractivity contribution < 1.29 is 18.7 Å². The highest BCUT2D eigenvalue weighted by molar-refractivity contribution is 5.80. The van der Waals surface area contributed by atoms with Gasteiger partial charge in [-0.15, -0.1) is 0 Å². The fraction of sp³-hybridized carbons (Fsp3) is 0.550. The summed E-state index contributed by atoms with van der Waals surface area (Å²) in [6.45, 7) is 2.20. The molecule has 0 aliphatic heterocycles. The molecule has 0 aromatic rings. The van der Waals surface area contributed by atoms with Crippen molar-refractivity contribution in [2.24, 2.45) is 0 Å². The van der Waals surface area contributed by atoms with Crippen molar-refractivity contribution >= 4 is 5.97 Å². The molecule has 0 amide bonds. The summed E-state index contributed by atoms with van der Waals surface area (Å²) < 4.78 is 26.8. The van der Waals surface area contributed by atoms with E-state index >= 15 is 0 Å². The van der Waals surface area contributed by atoms with E-state index < -0.39 is 11.8 Å². The van der Waals surface area contributed by atoms with Crippen LogP contribution in [-0.2, 0) is 4.79 Å². The van der Waals surface area contributed by atoms with Gasteiger partial charge in [-0.1, -0.05) is 70.4 Å². The molecule has 0 aromatic heterocycles. The number of hydrogen-bond donors (Lipinski definition) is 1. The van der Waals surface area contributed by atoms with E-state index in [0.717, 1.165) is 43.6 Å². The first-order chi connectivity index (χ1) is 11.6. The maximum Gasteiger partial charge on any atom is 0.328 e. The van der Waals surface area contributed by atoms with Crippen LogP contribution >= 0.6 is 0 Å². The SMILES string of the molecule is CCCCCCCCCCCC(F)=CC=C(F)C=CC=CC(=O)O. The number of carboxylic acids is 1. The number of rotatable bonds is 14. The highest BCUT2D eigenvalue weighted by atomic mass is 19.1. The Bertz CT molecular complexity index is 449. The quantitative estimate of drug-likeness (QED) is 0.214. The average Bonchev–Trinajstić information content (AvgIpc) is 2.55. The number of aliphatic carboxylic acids is 1. The first kappa shape index (κ1) is 22.3. The van der Waals surface area contributed by atoms with Crippen molar-refractivity contribution in [3.05, 3.63) is 48.1 Å². The Hall–Kier alpha value is -1.71.